The quantitative estimate of drug-likeness (QED) is 0.498. The predicted molar refractivity (Wildman–Crippen MR) is 101 cm³/mol. The minimum Gasteiger partial charge on any atom is -0.464 e. The second-order valence-electron chi connectivity index (χ2n) is 5.81. The molecule has 0 aliphatic heterocycles. The number of pyridine rings is 1. The Kier molecular flexibility index (Phi) is 5.25. The van der Waals surface area contributed by atoms with E-state index in [9.17, 15) is 9.59 Å². The molecular weight excluding hydrogens is 377 g/mol. The van der Waals surface area contributed by atoms with Crippen LogP contribution in [0.4, 0.5) is 0 Å². The van der Waals surface area contributed by atoms with E-state index in [4.69, 9.17) is 27.9 Å². The number of carbonyl (C=O) groups excluding carboxylic acids is 1. The Bertz CT molecular complexity index is 1030. The number of benzene rings is 1. The van der Waals surface area contributed by atoms with Crippen molar-refractivity contribution in [2.24, 2.45) is 0 Å². The molecule has 2 heterocycles. The third-order valence-corrected chi connectivity index (χ3v) is 4.30. The Morgan fingerprint density at radius 1 is 1.27 bits per heavy atom. The fourth-order valence-corrected chi connectivity index (χ4v) is 2.87. The highest BCUT2D eigenvalue weighted by Gasteiger charge is 2.16. The first-order valence-corrected chi connectivity index (χ1v) is 8.59. The van der Waals surface area contributed by atoms with Gasteiger partial charge in [0.1, 0.15) is 17.3 Å². The third kappa shape index (κ3) is 3.71. The molecule has 3 rings (SSSR count). The lowest BCUT2D eigenvalue weighted by Gasteiger charge is -2.15. The SMILES string of the molecule is CC(=O)OCC(C)n1cnc2c(-c3ccc(Cl)cc3)nc(Cl)cc2c1=O. The lowest BCUT2D eigenvalue weighted by molar-refractivity contribution is -0.141. The number of fused-ring (bicyclic) bond motifs is 1. The van der Waals surface area contributed by atoms with Crippen LogP contribution in [0.1, 0.15) is 19.9 Å². The fourth-order valence-electron chi connectivity index (χ4n) is 2.55. The lowest BCUT2D eigenvalue weighted by Crippen LogP contribution is -2.27. The van der Waals surface area contributed by atoms with E-state index in [-0.39, 0.29) is 23.4 Å². The summed E-state index contributed by atoms with van der Waals surface area (Å²) in [7, 11) is 0. The van der Waals surface area contributed by atoms with E-state index < -0.39 is 5.97 Å². The average Bonchev–Trinajstić information content (AvgIpc) is 2.60. The molecule has 8 heteroatoms. The second-order valence-corrected chi connectivity index (χ2v) is 6.63. The van der Waals surface area contributed by atoms with Gasteiger partial charge in [0.05, 0.1) is 23.4 Å². The van der Waals surface area contributed by atoms with Gasteiger partial charge in [-0.15, -0.1) is 0 Å². The van der Waals surface area contributed by atoms with Crippen LogP contribution in [0.15, 0.2) is 41.5 Å². The van der Waals surface area contributed by atoms with Gasteiger partial charge in [0.25, 0.3) is 5.56 Å². The first kappa shape index (κ1) is 18.4. The van der Waals surface area contributed by atoms with Crippen LogP contribution in [0.25, 0.3) is 22.2 Å². The average molecular weight is 392 g/mol. The van der Waals surface area contributed by atoms with Gasteiger partial charge in [-0.2, -0.15) is 0 Å². The van der Waals surface area contributed by atoms with Crippen molar-refractivity contribution in [2.45, 2.75) is 19.9 Å². The predicted octanol–water partition coefficient (Wildman–Crippen LogP) is 3.89. The van der Waals surface area contributed by atoms with Crippen LogP contribution in [0.3, 0.4) is 0 Å². The van der Waals surface area contributed by atoms with E-state index in [1.54, 1.807) is 31.2 Å². The van der Waals surface area contributed by atoms with E-state index in [0.29, 0.717) is 21.6 Å². The molecule has 134 valence electrons. The summed E-state index contributed by atoms with van der Waals surface area (Å²) in [6.45, 7) is 3.16. The first-order chi connectivity index (χ1) is 12.4. The molecule has 0 fully saturated rings. The number of aromatic nitrogens is 3. The smallest absolute Gasteiger partial charge is 0.302 e. The highest BCUT2D eigenvalue weighted by atomic mass is 35.5. The Balaban J connectivity index is 2.13. The summed E-state index contributed by atoms with van der Waals surface area (Å²) in [5.41, 5.74) is 1.41. The number of esters is 1. The number of rotatable bonds is 4. The molecule has 3 aromatic rings. The molecule has 1 atom stereocenters. The zero-order valence-corrected chi connectivity index (χ0v) is 15.6. The van der Waals surface area contributed by atoms with Crippen LogP contribution in [-0.4, -0.2) is 27.1 Å². The Hall–Kier alpha value is -2.44. The van der Waals surface area contributed by atoms with Gasteiger partial charge in [-0.1, -0.05) is 35.3 Å². The van der Waals surface area contributed by atoms with Gasteiger partial charge < -0.3 is 4.74 Å². The maximum absolute atomic E-state index is 12.9. The number of carbonyl (C=O) groups is 1. The zero-order chi connectivity index (χ0) is 18.8. The number of hydrogen-bond acceptors (Lipinski definition) is 5. The van der Waals surface area contributed by atoms with E-state index in [0.717, 1.165) is 5.56 Å². The Morgan fingerprint density at radius 3 is 2.62 bits per heavy atom. The van der Waals surface area contributed by atoms with Crippen molar-refractivity contribution in [3.8, 4) is 11.3 Å². The molecule has 0 amide bonds. The molecule has 2 aromatic heterocycles. The number of halogens is 2. The lowest BCUT2D eigenvalue weighted by atomic mass is 10.1. The number of nitrogens with zero attached hydrogens (tertiary/aromatic N) is 3. The van der Waals surface area contributed by atoms with Crippen LogP contribution in [-0.2, 0) is 9.53 Å². The molecule has 1 aromatic carbocycles. The maximum atomic E-state index is 12.9. The van der Waals surface area contributed by atoms with Crippen molar-refractivity contribution in [3.05, 3.63) is 57.2 Å². The molecule has 0 bridgehead atoms. The summed E-state index contributed by atoms with van der Waals surface area (Å²) in [6.07, 6.45) is 1.42. The van der Waals surface area contributed by atoms with Gasteiger partial charge in [0.2, 0.25) is 0 Å². The Labute approximate surface area is 159 Å². The molecular formula is C18H15Cl2N3O3. The van der Waals surface area contributed by atoms with Crippen molar-refractivity contribution in [1.29, 1.82) is 0 Å². The summed E-state index contributed by atoms with van der Waals surface area (Å²) >= 11 is 12.1. The van der Waals surface area contributed by atoms with Crippen LogP contribution in [0, 0.1) is 0 Å². The Morgan fingerprint density at radius 2 is 1.96 bits per heavy atom. The van der Waals surface area contributed by atoms with Crippen molar-refractivity contribution >= 4 is 40.1 Å². The molecule has 0 N–H and O–H groups in total. The van der Waals surface area contributed by atoms with Gasteiger partial charge >= 0.3 is 5.97 Å². The van der Waals surface area contributed by atoms with Crippen LogP contribution < -0.4 is 5.56 Å². The van der Waals surface area contributed by atoms with Crippen molar-refractivity contribution in [1.82, 2.24) is 14.5 Å². The summed E-state index contributed by atoms with van der Waals surface area (Å²) in [6, 6.07) is 8.16. The van der Waals surface area contributed by atoms with E-state index in [1.807, 2.05) is 0 Å². The third-order valence-electron chi connectivity index (χ3n) is 3.86. The van der Waals surface area contributed by atoms with E-state index >= 15 is 0 Å². The molecule has 0 radical (unpaired) electrons. The zero-order valence-electron chi connectivity index (χ0n) is 14.1. The second kappa shape index (κ2) is 7.43. The number of ether oxygens (including phenoxy) is 1. The summed E-state index contributed by atoms with van der Waals surface area (Å²) in [5.74, 6) is -0.407. The van der Waals surface area contributed by atoms with Gasteiger partial charge in [-0.05, 0) is 25.1 Å². The van der Waals surface area contributed by atoms with Crippen LogP contribution in [0.5, 0.6) is 0 Å². The summed E-state index contributed by atoms with van der Waals surface area (Å²) in [4.78, 5) is 32.6. The summed E-state index contributed by atoms with van der Waals surface area (Å²) < 4.78 is 6.39. The normalized spacial score (nSPS) is 12.2. The minimum atomic E-state index is -0.407. The van der Waals surface area contributed by atoms with Crippen LogP contribution >= 0.6 is 23.2 Å². The van der Waals surface area contributed by atoms with Gasteiger partial charge in [-0.3, -0.25) is 14.2 Å². The molecule has 0 saturated carbocycles. The first-order valence-electron chi connectivity index (χ1n) is 7.83. The van der Waals surface area contributed by atoms with Crippen LogP contribution in [0.2, 0.25) is 10.2 Å². The monoisotopic (exact) mass is 391 g/mol. The highest BCUT2D eigenvalue weighted by Crippen LogP contribution is 2.27. The largest absolute Gasteiger partial charge is 0.464 e. The van der Waals surface area contributed by atoms with E-state index in [2.05, 4.69) is 9.97 Å². The molecule has 1 unspecified atom stereocenters. The van der Waals surface area contributed by atoms with Gasteiger partial charge in [-0.25, -0.2) is 9.97 Å². The molecule has 0 aliphatic carbocycles. The topological polar surface area (TPSA) is 74.1 Å². The minimum absolute atomic E-state index is 0.0747. The van der Waals surface area contributed by atoms with Gasteiger partial charge in [0.15, 0.2) is 0 Å². The van der Waals surface area contributed by atoms with E-state index in [1.165, 1.54) is 23.9 Å². The molecule has 0 aliphatic rings. The molecule has 0 spiro atoms. The molecule has 6 nitrogen and oxygen atoms in total. The van der Waals surface area contributed by atoms with Crippen molar-refractivity contribution in [2.75, 3.05) is 6.61 Å². The van der Waals surface area contributed by atoms with Gasteiger partial charge in [0, 0.05) is 17.5 Å². The fraction of sp³-hybridized carbons (Fsp3) is 0.222. The van der Waals surface area contributed by atoms with Crippen molar-refractivity contribution < 1.29 is 9.53 Å². The molecule has 0 saturated heterocycles. The highest BCUT2D eigenvalue weighted by molar-refractivity contribution is 6.31. The number of hydrogen-bond donors (Lipinski definition) is 0. The molecule has 26 heavy (non-hydrogen) atoms. The van der Waals surface area contributed by atoms with Crippen molar-refractivity contribution in [3.63, 3.8) is 0 Å². The maximum Gasteiger partial charge on any atom is 0.302 e. The standard InChI is InChI=1S/C18H15Cl2N3O3/c1-10(8-26-11(2)24)23-9-21-17-14(18(23)25)7-15(20)22-16(17)12-3-5-13(19)6-4-12/h3-7,9-10H,8H2,1-2H3. The summed E-state index contributed by atoms with van der Waals surface area (Å²) in [5, 5.41) is 1.12.